The summed E-state index contributed by atoms with van der Waals surface area (Å²) in [6.07, 6.45) is 1.14. The molecule has 2 aromatic carbocycles. The van der Waals surface area contributed by atoms with Crippen LogP contribution in [0.2, 0.25) is 0 Å². The first-order valence-electron chi connectivity index (χ1n) is 6.94. The summed E-state index contributed by atoms with van der Waals surface area (Å²) >= 11 is 0. The molecule has 21 heavy (non-hydrogen) atoms. The monoisotopic (exact) mass is 278 g/mol. The highest BCUT2D eigenvalue weighted by atomic mass is 16.1. The molecule has 0 saturated carbocycles. The second-order valence-corrected chi connectivity index (χ2v) is 5.18. The first-order chi connectivity index (χ1) is 10.1. The number of nitriles is 1. The lowest BCUT2D eigenvalue weighted by atomic mass is 10.1. The van der Waals surface area contributed by atoms with E-state index in [4.69, 9.17) is 5.26 Å². The fourth-order valence-corrected chi connectivity index (χ4v) is 2.16. The van der Waals surface area contributed by atoms with Gasteiger partial charge in [0.1, 0.15) is 0 Å². The van der Waals surface area contributed by atoms with E-state index in [0.29, 0.717) is 24.1 Å². The number of carbonyl (C=O) groups is 1. The zero-order valence-electron chi connectivity index (χ0n) is 12.3. The Morgan fingerprint density at radius 1 is 1.19 bits per heavy atom. The number of hydrogen-bond donors (Lipinski definition) is 1. The quantitative estimate of drug-likeness (QED) is 0.926. The number of nitrogens with one attached hydrogen (secondary N) is 1. The summed E-state index contributed by atoms with van der Waals surface area (Å²) in [5, 5.41) is 11.8. The van der Waals surface area contributed by atoms with Crippen molar-refractivity contribution in [2.45, 2.75) is 26.7 Å². The van der Waals surface area contributed by atoms with E-state index in [0.717, 1.165) is 11.1 Å². The molecule has 0 heterocycles. The number of anilines is 1. The highest BCUT2D eigenvalue weighted by Gasteiger charge is 2.06. The van der Waals surface area contributed by atoms with E-state index in [1.165, 1.54) is 5.56 Å². The minimum Gasteiger partial charge on any atom is -0.326 e. The van der Waals surface area contributed by atoms with Gasteiger partial charge in [0.2, 0.25) is 5.91 Å². The van der Waals surface area contributed by atoms with Crippen molar-refractivity contribution in [3.63, 3.8) is 0 Å². The fourth-order valence-electron chi connectivity index (χ4n) is 2.16. The molecule has 2 aromatic rings. The third kappa shape index (κ3) is 4.19. The molecule has 0 aliphatic carbocycles. The Morgan fingerprint density at radius 2 is 2.00 bits per heavy atom. The molecule has 0 bridgehead atoms. The molecule has 0 saturated heterocycles. The molecule has 1 amide bonds. The summed E-state index contributed by atoms with van der Waals surface area (Å²) in [6.45, 7) is 3.96. The van der Waals surface area contributed by atoms with Gasteiger partial charge in [-0.05, 0) is 43.5 Å². The van der Waals surface area contributed by atoms with Gasteiger partial charge in [0.05, 0.1) is 11.6 Å². The lowest BCUT2D eigenvalue weighted by molar-refractivity contribution is -0.116. The van der Waals surface area contributed by atoms with Crippen LogP contribution in [-0.4, -0.2) is 5.91 Å². The molecule has 0 atom stereocenters. The smallest absolute Gasteiger partial charge is 0.224 e. The van der Waals surface area contributed by atoms with E-state index < -0.39 is 0 Å². The largest absolute Gasteiger partial charge is 0.326 e. The van der Waals surface area contributed by atoms with E-state index in [-0.39, 0.29) is 5.91 Å². The summed E-state index contributed by atoms with van der Waals surface area (Å²) in [4.78, 5) is 12.0. The summed E-state index contributed by atoms with van der Waals surface area (Å²) in [5.74, 6) is -0.0327. The van der Waals surface area contributed by atoms with Crippen LogP contribution in [0.1, 0.15) is 28.7 Å². The van der Waals surface area contributed by atoms with Crippen LogP contribution in [0.3, 0.4) is 0 Å². The van der Waals surface area contributed by atoms with Gasteiger partial charge in [-0.1, -0.05) is 35.9 Å². The van der Waals surface area contributed by atoms with Crippen molar-refractivity contribution in [3.05, 3.63) is 64.7 Å². The van der Waals surface area contributed by atoms with Crippen LogP contribution >= 0.6 is 0 Å². The minimum absolute atomic E-state index is 0.0327. The van der Waals surface area contributed by atoms with Gasteiger partial charge in [-0.2, -0.15) is 5.26 Å². The van der Waals surface area contributed by atoms with Gasteiger partial charge in [-0.25, -0.2) is 0 Å². The number of nitrogens with zero attached hydrogens (tertiary/aromatic N) is 1. The Labute approximate surface area is 125 Å². The fraction of sp³-hybridized carbons (Fsp3) is 0.222. The Balaban J connectivity index is 1.98. The number of aryl methyl sites for hydroxylation is 3. The Bertz CT molecular complexity index is 699. The Morgan fingerprint density at radius 3 is 2.71 bits per heavy atom. The maximum Gasteiger partial charge on any atom is 0.224 e. The van der Waals surface area contributed by atoms with E-state index >= 15 is 0 Å². The molecule has 0 radical (unpaired) electrons. The van der Waals surface area contributed by atoms with Crippen LogP contribution in [0, 0.1) is 25.2 Å². The molecule has 0 aliphatic heterocycles. The van der Waals surface area contributed by atoms with Gasteiger partial charge in [0.15, 0.2) is 0 Å². The van der Waals surface area contributed by atoms with Crippen molar-refractivity contribution >= 4 is 11.6 Å². The number of benzene rings is 2. The van der Waals surface area contributed by atoms with Gasteiger partial charge >= 0.3 is 0 Å². The highest BCUT2D eigenvalue weighted by molar-refractivity contribution is 5.91. The molecular formula is C18H18N2O. The Hall–Kier alpha value is -2.60. The first-order valence-corrected chi connectivity index (χ1v) is 6.94. The summed E-state index contributed by atoms with van der Waals surface area (Å²) in [5.41, 5.74) is 4.58. The van der Waals surface area contributed by atoms with E-state index in [9.17, 15) is 4.79 Å². The van der Waals surface area contributed by atoms with Gasteiger partial charge in [-0.3, -0.25) is 4.79 Å². The normalized spacial score (nSPS) is 9.95. The molecule has 106 valence electrons. The SMILES string of the molecule is Cc1cccc(CCC(=O)Nc2cc(C#N)ccc2C)c1. The average Bonchev–Trinajstić information content (AvgIpc) is 2.47. The van der Waals surface area contributed by atoms with Crippen molar-refractivity contribution in [2.24, 2.45) is 0 Å². The van der Waals surface area contributed by atoms with Crippen LogP contribution in [-0.2, 0) is 11.2 Å². The molecule has 0 aliphatic rings. The molecular weight excluding hydrogens is 260 g/mol. The third-order valence-corrected chi connectivity index (χ3v) is 3.36. The highest BCUT2D eigenvalue weighted by Crippen LogP contribution is 2.17. The first kappa shape index (κ1) is 14.8. The molecule has 3 nitrogen and oxygen atoms in total. The minimum atomic E-state index is -0.0327. The van der Waals surface area contributed by atoms with Crippen molar-refractivity contribution in [1.29, 1.82) is 5.26 Å². The van der Waals surface area contributed by atoms with Gasteiger partial charge in [0.25, 0.3) is 0 Å². The molecule has 0 unspecified atom stereocenters. The number of amides is 1. The second-order valence-electron chi connectivity index (χ2n) is 5.18. The molecule has 3 heteroatoms. The van der Waals surface area contributed by atoms with E-state index in [2.05, 4.69) is 17.5 Å². The maximum absolute atomic E-state index is 12.0. The van der Waals surface area contributed by atoms with E-state index in [1.54, 1.807) is 12.1 Å². The van der Waals surface area contributed by atoms with Gasteiger partial charge < -0.3 is 5.32 Å². The predicted molar refractivity (Wildman–Crippen MR) is 84.0 cm³/mol. The lowest BCUT2D eigenvalue weighted by Crippen LogP contribution is -2.13. The molecule has 2 rings (SSSR count). The molecule has 1 N–H and O–H groups in total. The summed E-state index contributed by atoms with van der Waals surface area (Å²) in [6, 6.07) is 15.5. The number of rotatable bonds is 4. The third-order valence-electron chi connectivity index (χ3n) is 3.36. The standard InChI is InChI=1S/C18H18N2O/c1-13-4-3-5-15(10-13)8-9-18(21)20-17-11-16(12-19)7-6-14(17)2/h3-7,10-11H,8-9H2,1-2H3,(H,20,21). The second kappa shape index (κ2) is 6.71. The van der Waals surface area contributed by atoms with Crippen LogP contribution in [0.4, 0.5) is 5.69 Å². The van der Waals surface area contributed by atoms with Crippen LogP contribution in [0.5, 0.6) is 0 Å². The topological polar surface area (TPSA) is 52.9 Å². The summed E-state index contributed by atoms with van der Waals surface area (Å²) in [7, 11) is 0. The van der Waals surface area contributed by atoms with Gasteiger partial charge in [0, 0.05) is 12.1 Å². The number of carbonyl (C=O) groups excluding carboxylic acids is 1. The Kier molecular flexibility index (Phi) is 4.73. The van der Waals surface area contributed by atoms with Crippen LogP contribution < -0.4 is 5.32 Å². The predicted octanol–water partition coefficient (Wildman–Crippen LogP) is 3.75. The summed E-state index contributed by atoms with van der Waals surface area (Å²) < 4.78 is 0. The van der Waals surface area contributed by atoms with Crippen molar-refractivity contribution in [1.82, 2.24) is 0 Å². The van der Waals surface area contributed by atoms with Crippen molar-refractivity contribution in [2.75, 3.05) is 5.32 Å². The lowest BCUT2D eigenvalue weighted by Gasteiger charge is -2.09. The van der Waals surface area contributed by atoms with Crippen LogP contribution in [0.15, 0.2) is 42.5 Å². The zero-order chi connectivity index (χ0) is 15.2. The van der Waals surface area contributed by atoms with Crippen LogP contribution in [0.25, 0.3) is 0 Å². The molecule has 0 fully saturated rings. The number of hydrogen-bond acceptors (Lipinski definition) is 2. The van der Waals surface area contributed by atoms with Crippen molar-refractivity contribution < 1.29 is 4.79 Å². The molecule has 0 aromatic heterocycles. The zero-order valence-corrected chi connectivity index (χ0v) is 12.3. The average molecular weight is 278 g/mol. The molecule has 0 spiro atoms. The maximum atomic E-state index is 12.0. The van der Waals surface area contributed by atoms with Crippen molar-refractivity contribution in [3.8, 4) is 6.07 Å². The van der Waals surface area contributed by atoms with E-state index in [1.807, 2.05) is 38.1 Å². The van der Waals surface area contributed by atoms with Gasteiger partial charge in [-0.15, -0.1) is 0 Å².